The Labute approximate surface area is 126 Å². The Hall–Kier alpha value is -1.84. The maximum Gasteiger partial charge on any atom is 0.305 e. The van der Waals surface area contributed by atoms with Crippen LogP contribution < -0.4 is 5.32 Å². The van der Waals surface area contributed by atoms with Crippen LogP contribution in [0.25, 0.3) is 0 Å². The summed E-state index contributed by atoms with van der Waals surface area (Å²) < 4.78 is 0. The van der Waals surface area contributed by atoms with Crippen LogP contribution in [0.5, 0.6) is 0 Å². The predicted molar refractivity (Wildman–Crippen MR) is 83.2 cm³/mol. The lowest BCUT2D eigenvalue weighted by Gasteiger charge is -2.31. The van der Waals surface area contributed by atoms with E-state index in [9.17, 15) is 9.59 Å². The summed E-state index contributed by atoms with van der Waals surface area (Å²) in [5.74, 6) is -1.00. The molecule has 1 rings (SSSR count). The number of rotatable bonds is 8. The van der Waals surface area contributed by atoms with Gasteiger partial charge in [-0.3, -0.25) is 9.59 Å². The van der Waals surface area contributed by atoms with Gasteiger partial charge in [-0.15, -0.1) is 0 Å². The first-order valence-electron chi connectivity index (χ1n) is 7.55. The molecule has 0 fully saturated rings. The molecule has 0 aliphatic carbocycles. The Balaban J connectivity index is 2.70. The van der Waals surface area contributed by atoms with E-state index in [2.05, 4.69) is 12.2 Å². The van der Waals surface area contributed by atoms with Crippen LogP contribution in [0.1, 0.15) is 51.2 Å². The number of carbonyl (C=O) groups excluding carboxylic acids is 1. The van der Waals surface area contributed by atoms with Gasteiger partial charge in [-0.25, -0.2) is 0 Å². The van der Waals surface area contributed by atoms with Crippen LogP contribution >= 0.6 is 0 Å². The van der Waals surface area contributed by atoms with Crippen LogP contribution in [0.15, 0.2) is 24.3 Å². The first kappa shape index (κ1) is 17.2. The summed E-state index contributed by atoms with van der Waals surface area (Å²) in [6.07, 6.45) is 2.43. The van der Waals surface area contributed by atoms with Crippen molar-refractivity contribution in [1.82, 2.24) is 5.32 Å². The highest BCUT2D eigenvalue weighted by Gasteiger charge is 2.30. The third-order valence-electron chi connectivity index (χ3n) is 4.04. The van der Waals surface area contributed by atoms with Crippen LogP contribution in [-0.2, 0) is 22.4 Å². The fourth-order valence-electron chi connectivity index (χ4n) is 2.43. The normalized spacial score (nSPS) is 11.2. The topological polar surface area (TPSA) is 66.4 Å². The highest BCUT2D eigenvalue weighted by molar-refractivity contribution is 5.80. The van der Waals surface area contributed by atoms with E-state index in [0.29, 0.717) is 12.8 Å². The number of amides is 1. The second kappa shape index (κ2) is 7.81. The number of hydrogen-bond donors (Lipinski definition) is 2. The van der Waals surface area contributed by atoms with E-state index in [4.69, 9.17) is 5.11 Å². The molecule has 0 aliphatic rings. The molecule has 1 aromatic carbocycles. The summed E-state index contributed by atoms with van der Waals surface area (Å²) in [5, 5.41) is 11.9. The molecule has 0 heterocycles. The number of benzene rings is 1. The fraction of sp³-hybridized carbons (Fsp3) is 0.529. The predicted octanol–water partition coefficient (Wildman–Crippen LogP) is 2.94. The van der Waals surface area contributed by atoms with Gasteiger partial charge in [0.1, 0.15) is 0 Å². The van der Waals surface area contributed by atoms with Gasteiger partial charge < -0.3 is 10.4 Å². The van der Waals surface area contributed by atoms with Gasteiger partial charge in [-0.2, -0.15) is 0 Å². The summed E-state index contributed by atoms with van der Waals surface area (Å²) in [7, 11) is 0. The number of nitrogens with one attached hydrogen (secondary N) is 1. The smallest absolute Gasteiger partial charge is 0.305 e. The molecule has 0 saturated carbocycles. The van der Waals surface area contributed by atoms with Crippen molar-refractivity contribution < 1.29 is 14.7 Å². The second-order valence-electron chi connectivity index (χ2n) is 5.45. The van der Waals surface area contributed by atoms with E-state index in [1.165, 1.54) is 5.56 Å². The minimum absolute atomic E-state index is 0.0412. The van der Waals surface area contributed by atoms with E-state index in [0.717, 1.165) is 12.0 Å². The number of carboxylic acid groups (broad SMARTS) is 1. The van der Waals surface area contributed by atoms with Gasteiger partial charge in [0.25, 0.3) is 0 Å². The molecule has 1 aromatic rings. The van der Waals surface area contributed by atoms with E-state index in [1.54, 1.807) is 0 Å². The third kappa shape index (κ3) is 5.21. The number of aliphatic carboxylic acids is 1. The maximum absolute atomic E-state index is 12.2. The molecule has 1 amide bonds. The van der Waals surface area contributed by atoms with Crippen LogP contribution in [-0.4, -0.2) is 22.5 Å². The van der Waals surface area contributed by atoms with Gasteiger partial charge in [0.15, 0.2) is 0 Å². The van der Waals surface area contributed by atoms with Crippen LogP contribution in [0.4, 0.5) is 0 Å². The number of carboxylic acids is 1. The molecule has 0 aliphatic heterocycles. The van der Waals surface area contributed by atoms with E-state index in [-0.39, 0.29) is 18.7 Å². The lowest BCUT2D eigenvalue weighted by Crippen LogP contribution is -2.49. The van der Waals surface area contributed by atoms with E-state index < -0.39 is 11.5 Å². The Morgan fingerprint density at radius 3 is 2.00 bits per heavy atom. The molecular weight excluding hydrogens is 266 g/mol. The summed E-state index contributed by atoms with van der Waals surface area (Å²) in [4.78, 5) is 23.2. The van der Waals surface area contributed by atoms with E-state index >= 15 is 0 Å². The molecule has 116 valence electrons. The van der Waals surface area contributed by atoms with Crippen LogP contribution in [0.3, 0.4) is 0 Å². The van der Waals surface area contributed by atoms with Crippen molar-refractivity contribution in [2.75, 3.05) is 0 Å². The average Bonchev–Trinajstić information content (AvgIpc) is 2.46. The van der Waals surface area contributed by atoms with Crippen molar-refractivity contribution in [2.45, 2.75) is 58.4 Å². The number of hydrogen-bond acceptors (Lipinski definition) is 2. The highest BCUT2D eigenvalue weighted by atomic mass is 16.4. The zero-order chi connectivity index (χ0) is 15.9. The molecule has 0 radical (unpaired) electrons. The van der Waals surface area contributed by atoms with Crippen molar-refractivity contribution in [3.63, 3.8) is 0 Å². The Morgan fingerprint density at radius 2 is 1.57 bits per heavy atom. The Kier molecular flexibility index (Phi) is 6.40. The van der Waals surface area contributed by atoms with Crippen molar-refractivity contribution in [3.05, 3.63) is 35.4 Å². The SMILES string of the molecule is CCc1ccc(CC(=O)NC(CC)(CC)CC(=O)O)cc1. The van der Waals surface area contributed by atoms with Gasteiger partial charge >= 0.3 is 5.97 Å². The molecule has 0 aromatic heterocycles. The largest absolute Gasteiger partial charge is 0.481 e. The average molecular weight is 291 g/mol. The first-order valence-corrected chi connectivity index (χ1v) is 7.55. The number of carbonyl (C=O) groups is 2. The van der Waals surface area contributed by atoms with Crippen LogP contribution in [0, 0.1) is 0 Å². The summed E-state index contributed by atoms with van der Waals surface area (Å²) in [6, 6.07) is 7.95. The van der Waals surface area contributed by atoms with Gasteiger partial charge in [-0.1, -0.05) is 45.0 Å². The second-order valence-corrected chi connectivity index (χ2v) is 5.45. The molecule has 2 N–H and O–H groups in total. The highest BCUT2D eigenvalue weighted by Crippen LogP contribution is 2.20. The Morgan fingerprint density at radius 1 is 1.05 bits per heavy atom. The summed E-state index contributed by atoms with van der Waals surface area (Å²) in [6.45, 7) is 5.90. The molecule has 0 spiro atoms. The molecule has 4 nitrogen and oxygen atoms in total. The minimum Gasteiger partial charge on any atom is -0.481 e. The maximum atomic E-state index is 12.2. The summed E-state index contributed by atoms with van der Waals surface area (Å²) in [5.41, 5.74) is 1.54. The number of aryl methyl sites for hydroxylation is 1. The van der Waals surface area contributed by atoms with Crippen molar-refractivity contribution in [1.29, 1.82) is 0 Å². The summed E-state index contributed by atoms with van der Waals surface area (Å²) >= 11 is 0. The van der Waals surface area contributed by atoms with Crippen LogP contribution in [0.2, 0.25) is 0 Å². The van der Waals surface area contributed by atoms with Crippen molar-refractivity contribution in [2.24, 2.45) is 0 Å². The monoisotopic (exact) mass is 291 g/mol. The quantitative estimate of drug-likeness (QED) is 0.774. The lowest BCUT2D eigenvalue weighted by atomic mass is 9.88. The molecule has 4 heteroatoms. The molecule has 21 heavy (non-hydrogen) atoms. The van der Waals surface area contributed by atoms with Gasteiger partial charge in [0, 0.05) is 5.54 Å². The molecule has 0 bridgehead atoms. The van der Waals surface area contributed by atoms with Crippen molar-refractivity contribution in [3.8, 4) is 0 Å². The first-order chi connectivity index (χ1) is 9.94. The Bertz CT molecular complexity index is 475. The molecular formula is C17H25NO3. The van der Waals surface area contributed by atoms with Gasteiger partial charge in [-0.05, 0) is 30.4 Å². The minimum atomic E-state index is -0.883. The molecule has 0 unspecified atom stereocenters. The standard InChI is InChI=1S/C17H25NO3/c1-4-13-7-9-14(10-8-13)11-15(19)18-17(5-2,6-3)12-16(20)21/h7-10H,4-6,11-12H2,1-3H3,(H,18,19)(H,20,21). The van der Waals surface area contributed by atoms with E-state index in [1.807, 2.05) is 38.1 Å². The third-order valence-corrected chi connectivity index (χ3v) is 4.04. The zero-order valence-electron chi connectivity index (χ0n) is 13.1. The van der Waals surface area contributed by atoms with Gasteiger partial charge in [0.2, 0.25) is 5.91 Å². The fourth-order valence-corrected chi connectivity index (χ4v) is 2.43. The molecule has 0 saturated heterocycles. The lowest BCUT2D eigenvalue weighted by molar-refractivity contribution is -0.139. The van der Waals surface area contributed by atoms with Crippen molar-refractivity contribution >= 4 is 11.9 Å². The van der Waals surface area contributed by atoms with Gasteiger partial charge in [0.05, 0.1) is 12.8 Å². The molecule has 0 atom stereocenters. The zero-order valence-corrected chi connectivity index (χ0v) is 13.1.